The normalized spacial score (nSPS) is 10.7. The van der Waals surface area contributed by atoms with Crippen molar-refractivity contribution in [2.75, 3.05) is 12.4 Å². The summed E-state index contributed by atoms with van der Waals surface area (Å²) in [6.07, 6.45) is 0. The minimum absolute atomic E-state index is 0.151. The van der Waals surface area contributed by atoms with Crippen molar-refractivity contribution in [3.8, 4) is 5.75 Å². The number of fused-ring (bicyclic) bond motifs is 1. The maximum atomic E-state index is 12.4. The van der Waals surface area contributed by atoms with Gasteiger partial charge < -0.3 is 15.0 Å². The molecule has 0 aliphatic rings. The van der Waals surface area contributed by atoms with Crippen LogP contribution in [0.1, 0.15) is 21.6 Å². The lowest BCUT2D eigenvalue weighted by Crippen LogP contribution is -2.13. The maximum Gasteiger partial charge on any atom is 0.272 e. The number of rotatable bonds is 3. The van der Waals surface area contributed by atoms with Gasteiger partial charge in [-0.3, -0.25) is 4.79 Å². The van der Waals surface area contributed by atoms with E-state index in [4.69, 9.17) is 4.74 Å². The van der Waals surface area contributed by atoms with Gasteiger partial charge in [-0.25, -0.2) is 0 Å². The zero-order chi connectivity index (χ0) is 15.7. The Morgan fingerprint density at radius 1 is 1.09 bits per heavy atom. The fourth-order valence-corrected chi connectivity index (χ4v) is 2.50. The van der Waals surface area contributed by atoms with Gasteiger partial charge in [-0.2, -0.15) is 0 Å². The summed E-state index contributed by atoms with van der Waals surface area (Å²) in [7, 11) is 1.63. The third-order valence-electron chi connectivity index (χ3n) is 3.70. The lowest BCUT2D eigenvalue weighted by atomic mass is 10.1. The molecule has 0 saturated heterocycles. The quantitative estimate of drug-likeness (QED) is 0.765. The van der Waals surface area contributed by atoms with Crippen LogP contribution in [0.3, 0.4) is 0 Å². The van der Waals surface area contributed by atoms with Gasteiger partial charge in [0, 0.05) is 16.6 Å². The van der Waals surface area contributed by atoms with E-state index >= 15 is 0 Å². The van der Waals surface area contributed by atoms with E-state index in [2.05, 4.69) is 10.3 Å². The molecule has 0 fully saturated rings. The van der Waals surface area contributed by atoms with E-state index in [-0.39, 0.29) is 5.91 Å². The number of carbonyl (C=O) groups excluding carboxylic acids is 1. The number of aromatic nitrogens is 1. The van der Waals surface area contributed by atoms with Crippen LogP contribution in [0, 0.1) is 13.8 Å². The van der Waals surface area contributed by atoms with Crippen LogP contribution in [0.15, 0.2) is 42.5 Å². The molecule has 3 rings (SSSR count). The Balaban J connectivity index is 1.88. The minimum atomic E-state index is -0.151. The number of H-pyrrole nitrogens is 1. The maximum absolute atomic E-state index is 12.4. The van der Waals surface area contributed by atoms with Crippen molar-refractivity contribution in [1.29, 1.82) is 0 Å². The van der Waals surface area contributed by atoms with Crippen molar-refractivity contribution < 1.29 is 9.53 Å². The van der Waals surface area contributed by atoms with Crippen molar-refractivity contribution >= 4 is 22.5 Å². The van der Waals surface area contributed by atoms with Crippen LogP contribution in [0.25, 0.3) is 10.9 Å². The fourth-order valence-electron chi connectivity index (χ4n) is 2.50. The molecule has 1 aromatic heterocycles. The predicted molar refractivity (Wildman–Crippen MR) is 88.7 cm³/mol. The molecule has 0 radical (unpaired) electrons. The molecule has 4 heteroatoms. The van der Waals surface area contributed by atoms with Gasteiger partial charge in [-0.15, -0.1) is 0 Å². The van der Waals surface area contributed by atoms with Crippen LogP contribution in [-0.4, -0.2) is 18.0 Å². The average Bonchev–Trinajstić information content (AvgIpc) is 2.93. The number of anilines is 1. The molecule has 1 amide bonds. The summed E-state index contributed by atoms with van der Waals surface area (Å²) in [5.74, 6) is 0.620. The third kappa shape index (κ3) is 2.68. The van der Waals surface area contributed by atoms with E-state index in [0.717, 1.165) is 27.9 Å². The number of benzene rings is 2. The molecule has 0 spiro atoms. The zero-order valence-corrected chi connectivity index (χ0v) is 12.9. The second-order valence-corrected chi connectivity index (χ2v) is 5.41. The summed E-state index contributed by atoms with van der Waals surface area (Å²) in [5, 5.41) is 3.89. The summed E-state index contributed by atoms with van der Waals surface area (Å²) in [6.45, 7) is 4.02. The van der Waals surface area contributed by atoms with Crippen molar-refractivity contribution in [2.45, 2.75) is 13.8 Å². The number of hydrogen-bond acceptors (Lipinski definition) is 2. The van der Waals surface area contributed by atoms with E-state index in [1.165, 1.54) is 5.56 Å². The van der Waals surface area contributed by atoms with E-state index in [0.29, 0.717) is 5.69 Å². The molecule has 2 N–H and O–H groups in total. The van der Waals surface area contributed by atoms with Crippen molar-refractivity contribution in [3.63, 3.8) is 0 Å². The molecule has 0 atom stereocenters. The highest BCUT2D eigenvalue weighted by molar-refractivity contribution is 6.06. The molecule has 0 unspecified atom stereocenters. The van der Waals surface area contributed by atoms with Crippen LogP contribution in [0.2, 0.25) is 0 Å². The number of ether oxygens (including phenoxy) is 1. The van der Waals surface area contributed by atoms with Crippen molar-refractivity contribution in [1.82, 2.24) is 4.98 Å². The van der Waals surface area contributed by atoms with Gasteiger partial charge in [-0.05, 0) is 49.7 Å². The highest BCUT2D eigenvalue weighted by Crippen LogP contribution is 2.22. The zero-order valence-electron chi connectivity index (χ0n) is 12.9. The van der Waals surface area contributed by atoms with Crippen LogP contribution in [0.4, 0.5) is 5.69 Å². The van der Waals surface area contributed by atoms with E-state index in [1.54, 1.807) is 7.11 Å². The monoisotopic (exact) mass is 294 g/mol. The molecule has 0 aliphatic heterocycles. The second kappa shape index (κ2) is 5.56. The molecule has 0 saturated carbocycles. The van der Waals surface area contributed by atoms with Crippen molar-refractivity contribution in [2.24, 2.45) is 0 Å². The van der Waals surface area contributed by atoms with Gasteiger partial charge in [0.25, 0.3) is 5.91 Å². The standard InChI is InChI=1S/C18H18N2O2/c1-11-4-6-15(12(2)8-11)20-18(21)17-10-13-9-14(22-3)5-7-16(13)19-17/h4-10,19H,1-3H3,(H,20,21). The Bertz CT molecular complexity index is 849. The first-order valence-electron chi connectivity index (χ1n) is 7.12. The molecule has 2 aromatic carbocycles. The first-order chi connectivity index (χ1) is 10.6. The third-order valence-corrected chi connectivity index (χ3v) is 3.70. The molecule has 0 bridgehead atoms. The van der Waals surface area contributed by atoms with E-state index in [1.807, 2.05) is 56.3 Å². The summed E-state index contributed by atoms with van der Waals surface area (Å²) in [4.78, 5) is 15.5. The number of nitrogens with one attached hydrogen (secondary N) is 2. The number of carbonyl (C=O) groups is 1. The van der Waals surface area contributed by atoms with E-state index < -0.39 is 0 Å². The molecule has 4 nitrogen and oxygen atoms in total. The van der Waals surface area contributed by atoms with Gasteiger partial charge in [0.2, 0.25) is 0 Å². The number of aryl methyl sites for hydroxylation is 2. The molecule has 1 heterocycles. The summed E-state index contributed by atoms with van der Waals surface area (Å²) in [6, 6.07) is 13.5. The van der Waals surface area contributed by atoms with Crippen LogP contribution < -0.4 is 10.1 Å². The van der Waals surface area contributed by atoms with Crippen molar-refractivity contribution in [3.05, 3.63) is 59.3 Å². The number of aromatic amines is 1. The van der Waals surface area contributed by atoms with Crippen LogP contribution in [0.5, 0.6) is 5.75 Å². The highest BCUT2D eigenvalue weighted by Gasteiger charge is 2.11. The molecular weight excluding hydrogens is 276 g/mol. The Morgan fingerprint density at radius 2 is 1.91 bits per heavy atom. The molecule has 0 aliphatic carbocycles. The summed E-state index contributed by atoms with van der Waals surface area (Å²) >= 11 is 0. The van der Waals surface area contributed by atoms with Gasteiger partial charge in [-0.1, -0.05) is 17.7 Å². The summed E-state index contributed by atoms with van der Waals surface area (Å²) < 4.78 is 5.20. The number of amides is 1. The van der Waals surface area contributed by atoms with Gasteiger partial charge in [0.1, 0.15) is 11.4 Å². The predicted octanol–water partition coefficient (Wildman–Crippen LogP) is 4.05. The molecule has 22 heavy (non-hydrogen) atoms. The Hall–Kier alpha value is -2.75. The molecule has 3 aromatic rings. The first kappa shape index (κ1) is 14.2. The fraction of sp³-hybridized carbons (Fsp3) is 0.167. The second-order valence-electron chi connectivity index (χ2n) is 5.41. The number of methoxy groups -OCH3 is 1. The molecular formula is C18H18N2O2. The SMILES string of the molecule is COc1ccc2[nH]c(C(=O)Nc3ccc(C)cc3C)cc2c1. The van der Waals surface area contributed by atoms with Gasteiger partial charge in [0.05, 0.1) is 7.11 Å². The van der Waals surface area contributed by atoms with E-state index in [9.17, 15) is 4.79 Å². The Labute approximate surface area is 129 Å². The Morgan fingerprint density at radius 3 is 2.64 bits per heavy atom. The lowest BCUT2D eigenvalue weighted by molar-refractivity contribution is 0.102. The van der Waals surface area contributed by atoms with Gasteiger partial charge in [0.15, 0.2) is 0 Å². The molecule has 112 valence electrons. The average molecular weight is 294 g/mol. The topological polar surface area (TPSA) is 54.1 Å². The minimum Gasteiger partial charge on any atom is -0.497 e. The smallest absolute Gasteiger partial charge is 0.272 e. The van der Waals surface area contributed by atoms with Gasteiger partial charge >= 0.3 is 0 Å². The largest absolute Gasteiger partial charge is 0.497 e. The van der Waals surface area contributed by atoms with Crippen LogP contribution >= 0.6 is 0 Å². The summed E-state index contributed by atoms with van der Waals surface area (Å²) in [5.41, 5.74) is 4.49. The van der Waals surface area contributed by atoms with Crippen LogP contribution in [-0.2, 0) is 0 Å². The highest BCUT2D eigenvalue weighted by atomic mass is 16.5. The Kier molecular flexibility index (Phi) is 3.59. The number of hydrogen-bond donors (Lipinski definition) is 2. The first-order valence-corrected chi connectivity index (χ1v) is 7.12. The lowest BCUT2D eigenvalue weighted by Gasteiger charge is -2.08.